The molecule has 0 aliphatic carbocycles. The first-order valence-corrected chi connectivity index (χ1v) is 2.91. The molecule has 0 aromatic carbocycles. The van der Waals surface area contributed by atoms with Crippen molar-refractivity contribution in [3.05, 3.63) is 0 Å². The molecule has 0 rings (SSSR count). The number of unbranched alkanes of at least 4 members (excludes halogenated alkanes) is 2. The Bertz CT molecular complexity index is 54.5. The number of carbonyl (C=O) groups excluding carboxylic acids is 1. The minimum atomic E-state index is 0.585. The number of hydrogen-bond acceptors (Lipinski definition) is 2. The Balaban J connectivity index is 2.62. The zero-order chi connectivity index (χ0) is 6.24. The molecule has 0 aromatic rings. The maximum absolute atomic E-state index is 9.62. The lowest BCUT2D eigenvalue weighted by Crippen LogP contribution is -2.06. The van der Waals surface area contributed by atoms with Crippen molar-refractivity contribution in [1.29, 1.82) is 0 Å². The summed E-state index contributed by atoms with van der Waals surface area (Å²) in [5.74, 6) is 0. The van der Waals surface area contributed by atoms with E-state index in [4.69, 9.17) is 0 Å². The molecule has 0 aliphatic heterocycles. The highest BCUT2D eigenvalue weighted by Gasteiger charge is 1.83. The average molecular weight is 114 g/mol. The molecule has 0 fully saturated rings. The van der Waals surface area contributed by atoms with E-state index in [2.05, 4.69) is 5.32 Å². The van der Waals surface area contributed by atoms with Gasteiger partial charge in [0, 0.05) is 6.42 Å². The minimum Gasteiger partial charge on any atom is -0.320 e. The molecule has 0 heterocycles. The largest absolute Gasteiger partial charge is 0.320 e. The van der Waals surface area contributed by atoms with Crippen molar-refractivity contribution in [3.8, 4) is 0 Å². The number of nitrogens with one attached hydrogen (secondary N) is 1. The van der Waals surface area contributed by atoms with Crippen LogP contribution in [0.3, 0.4) is 0 Å². The van der Waals surface area contributed by atoms with E-state index >= 15 is 0 Å². The summed E-state index contributed by atoms with van der Waals surface area (Å²) in [5.41, 5.74) is 0. The topological polar surface area (TPSA) is 29.1 Å². The van der Waals surface area contributed by atoms with Gasteiger partial charge in [-0.05, 0) is 26.4 Å². The summed E-state index contributed by atoms with van der Waals surface area (Å²) in [7, 11) is 1.91. The second-order valence-electron chi connectivity index (χ2n) is 1.70. The van der Waals surface area contributed by atoms with E-state index in [9.17, 15) is 4.79 Å². The van der Waals surface area contributed by atoms with Gasteiger partial charge in [-0.3, -0.25) is 4.79 Å². The molecule has 0 atom stereocenters. The van der Waals surface area contributed by atoms with Crippen molar-refractivity contribution in [3.63, 3.8) is 0 Å². The van der Waals surface area contributed by atoms with Gasteiger partial charge in [-0.15, -0.1) is 0 Å². The average Bonchev–Trinajstić information content (AvgIpc) is 1.81. The van der Waals surface area contributed by atoms with Crippen LogP contribution >= 0.6 is 0 Å². The van der Waals surface area contributed by atoms with Crippen molar-refractivity contribution in [1.82, 2.24) is 5.32 Å². The zero-order valence-corrected chi connectivity index (χ0v) is 5.24. The lowest BCUT2D eigenvalue weighted by Gasteiger charge is -1.92. The van der Waals surface area contributed by atoms with Crippen LogP contribution in [0, 0.1) is 0 Å². The Morgan fingerprint density at radius 1 is 1.50 bits per heavy atom. The summed E-state index contributed by atoms with van der Waals surface area (Å²) in [6.45, 7) is 1.00. The van der Waals surface area contributed by atoms with Crippen LogP contribution in [0.25, 0.3) is 0 Å². The second-order valence-corrected chi connectivity index (χ2v) is 1.70. The van der Waals surface area contributed by atoms with Crippen LogP contribution in [-0.4, -0.2) is 19.9 Å². The smallest absolute Gasteiger partial charge is 0.198 e. The van der Waals surface area contributed by atoms with Crippen molar-refractivity contribution < 1.29 is 4.79 Å². The van der Waals surface area contributed by atoms with E-state index in [1.54, 1.807) is 0 Å². The SMILES string of the molecule is CNCCCC[C]=O. The molecular weight excluding hydrogens is 102 g/mol. The van der Waals surface area contributed by atoms with Gasteiger partial charge in [0.05, 0.1) is 0 Å². The van der Waals surface area contributed by atoms with Gasteiger partial charge in [0.25, 0.3) is 0 Å². The van der Waals surface area contributed by atoms with Gasteiger partial charge in [-0.25, -0.2) is 0 Å². The molecule has 1 N–H and O–H groups in total. The molecule has 2 nitrogen and oxygen atoms in total. The summed E-state index contributed by atoms with van der Waals surface area (Å²) in [6, 6.07) is 0. The van der Waals surface area contributed by atoms with E-state index < -0.39 is 0 Å². The molecule has 47 valence electrons. The third-order valence-electron chi connectivity index (χ3n) is 0.956. The lowest BCUT2D eigenvalue weighted by molar-refractivity contribution is 0.545. The maximum atomic E-state index is 9.62. The fraction of sp³-hybridized carbons (Fsp3) is 0.833. The molecule has 0 spiro atoms. The fourth-order valence-corrected chi connectivity index (χ4v) is 0.499. The van der Waals surface area contributed by atoms with Crippen molar-refractivity contribution >= 4 is 6.29 Å². The van der Waals surface area contributed by atoms with Gasteiger partial charge in [-0.2, -0.15) is 0 Å². The zero-order valence-electron chi connectivity index (χ0n) is 5.24. The van der Waals surface area contributed by atoms with Gasteiger partial charge >= 0.3 is 0 Å². The van der Waals surface area contributed by atoms with Gasteiger partial charge < -0.3 is 5.32 Å². The second kappa shape index (κ2) is 6.63. The van der Waals surface area contributed by atoms with E-state index in [-0.39, 0.29) is 0 Å². The highest BCUT2D eigenvalue weighted by Crippen LogP contribution is 1.88. The van der Waals surface area contributed by atoms with Crippen molar-refractivity contribution in [2.45, 2.75) is 19.3 Å². The van der Waals surface area contributed by atoms with Gasteiger partial charge in [-0.1, -0.05) is 0 Å². The fourth-order valence-electron chi connectivity index (χ4n) is 0.499. The summed E-state index contributed by atoms with van der Waals surface area (Å²) in [6.07, 6.45) is 4.47. The maximum Gasteiger partial charge on any atom is 0.198 e. The molecule has 0 aromatic heterocycles. The molecular formula is C6H12NO. The third-order valence-corrected chi connectivity index (χ3v) is 0.956. The van der Waals surface area contributed by atoms with Crippen LogP contribution < -0.4 is 5.32 Å². The molecule has 0 bridgehead atoms. The van der Waals surface area contributed by atoms with Crippen LogP contribution in [0.4, 0.5) is 0 Å². The third kappa shape index (κ3) is 5.63. The normalized spacial score (nSPS) is 9.12. The Hall–Kier alpha value is -0.370. The Morgan fingerprint density at radius 3 is 2.75 bits per heavy atom. The van der Waals surface area contributed by atoms with E-state index in [0.717, 1.165) is 19.4 Å². The summed E-state index contributed by atoms with van der Waals surface area (Å²) < 4.78 is 0. The van der Waals surface area contributed by atoms with Gasteiger partial charge in [0.1, 0.15) is 0 Å². The standard InChI is InChI=1S/C6H12NO/c1-7-5-3-2-4-6-8/h7H,2-5H2,1H3. The predicted octanol–water partition coefficient (Wildman–Crippen LogP) is 0.486. The Labute approximate surface area is 50.3 Å². The monoisotopic (exact) mass is 114 g/mol. The predicted molar refractivity (Wildman–Crippen MR) is 33.5 cm³/mol. The summed E-state index contributed by atoms with van der Waals surface area (Å²) in [5, 5.41) is 3.00. The van der Waals surface area contributed by atoms with Crippen molar-refractivity contribution in [2.75, 3.05) is 13.6 Å². The lowest BCUT2D eigenvalue weighted by atomic mass is 10.2. The molecule has 0 saturated heterocycles. The summed E-state index contributed by atoms with van der Waals surface area (Å²) in [4.78, 5) is 9.62. The van der Waals surface area contributed by atoms with Gasteiger partial charge in [0.2, 0.25) is 0 Å². The van der Waals surface area contributed by atoms with Crippen LogP contribution in [0.15, 0.2) is 0 Å². The minimum absolute atomic E-state index is 0.585. The van der Waals surface area contributed by atoms with Crippen molar-refractivity contribution in [2.24, 2.45) is 0 Å². The molecule has 1 radical (unpaired) electrons. The first kappa shape index (κ1) is 7.63. The van der Waals surface area contributed by atoms with Crippen LogP contribution in [0.5, 0.6) is 0 Å². The molecule has 0 amide bonds. The quantitative estimate of drug-likeness (QED) is 0.527. The van der Waals surface area contributed by atoms with E-state index in [1.165, 1.54) is 0 Å². The first-order chi connectivity index (χ1) is 3.91. The molecule has 0 aliphatic rings. The molecule has 2 heteroatoms. The Morgan fingerprint density at radius 2 is 2.25 bits per heavy atom. The number of rotatable bonds is 5. The number of hydrogen-bond donors (Lipinski definition) is 1. The Kier molecular flexibility index (Phi) is 6.32. The van der Waals surface area contributed by atoms with Crippen LogP contribution in [-0.2, 0) is 4.79 Å². The summed E-state index contributed by atoms with van der Waals surface area (Å²) >= 11 is 0. The molecule has 8 heavy (non-hydrogen) atoms. The highest BCUT2D eigenvalue weighted by molar-refractivity contribution is 5.50. The van der Waals surface area contributed by atoms with Gasteiger partial charge in [0.15, 0.2) is 6.29 Å². The van der Waals surface area contributed by atoms with Crippen LogP contribution in [0.2, 0.25) is 0 Å². The van der Waals surface area contributed by atoms with E-state index in [0.29, 0.717) is 6.42 Å². The highest BCUT2D eigenvalue weighted by atomic mass is 16.1. The van der Waals surface area contributed by atoms with Crippen LogP contribution in [0.1, 0.15) is 19.3 Å². The first-order valence-electron chi connectivity index (χ1n) is 2.91. The molecule has 0 unspecified atom stereocenters. The molecule has 0 saturated carbocycles. The van der Waals surface area contributed by atoms with E-state index in [1.807, 2.05) is 13.3 Å².